The van der Waals surface area contributed by atoms with E-state index in [0.717, 1.165) is 35.3 Å². The number of ether oxygens (including phenoxy) is 1. The summed E-state index contributed by atoms with van der Waals surface area (Å²) < 4.78 is 5.40. The molecule has 3 aromatic carbocycles. The molecule has 0 fully saturated rings. The van der Waals surface area contributed by atoms with Crippen molar-refractivity contribution in [3.8, 4) is 5.75 Å². The number of anilines is 2. The lowest BCUT2D eigenvalue weighted by Gasteiger charge is -2.15. The van der Waals surface area contributed by atoms with Crippen molar-refractivity contribution in [3.05, 3.63) is 99.2 Å². The van der Waals surface area contributed by atoms with Crippen LogP contribution in [0.2, 0.25) is 5.02 Å². The van der Waals surface area contributed by atoms with E-state index in [-0.39, 0.29) is 10.7 Å². The fourth-order valence-corrected chi connectivity index (χ4v) is 4.05. The maximum Gasteiger partial charge on any atom is 0.343 e. The van der Waals surface area contributed by atoms with Gasteiger partial charge >= 0.3 is 5.97 Å². The molecule has 0 saturated carbocycles. The minimum atomic E-state index is -0.594. The molecule has 0 bridgehead atoms. The van der Waals surface area contributed by atoms with Crippen LogP contribution in [0.1, 0.15) is 41.3 Å². The number of hydrogen-bond donors (Lipinski definition) is 1. The first-order valence-corrected chi connectivity index (χ1v) is 12.3. The van der Waals surface area contributed by atoms with Crippen molar-refractivity contribution in [1.82, 2.24) is 0 Å². The van der Waals surface area contributed by atoms with Crippen LogP contribution in [0.15, 0.2) is 77.5 Å². The van der Waals surface area contributed by atoms with Crippen molar-refractivity contribution in [2.75, 3.05) is 10.2 Å². The largest absolute Gasteiger partial charge is 0.423 e. The maximum absolute atomic E-state index is 13.0. The molecule has 0 spiro atoms. The fraction of sp³-hybridized carbons (Fsp3) is 0.179. The topological polar surface area (TPSA) is 75.7 Å². The third-order valence-corrected chi connectivity index (χ3v) is 6.55. The molecule has 1 N–H and O–H groups in total. The summed E-state index contributed by atoms with van der Waals surface area (Å²) in [4.78, 5) is 39.3. The smallest absolute Gasteiger partial charge is 0.343 e. The Hall–Kier alpha value is -3.61. The van der Waals surface area contributed by atoms with Crippen LogP contribution in [0.3, 0.4) is 0 Å². The molecule has 0 atom stereocenters. The number of halogens is 2. The van der Waals surface area contributed by atoms with Crippen molar-refractivity contribution >= 4 is 52.4 Å². The number of nitrogens with zero attached hydrogens (tertiary/aromatic N) is 1. The van der Waals surface area contributed by atoms with Crippen LogP contribution in [-0.4, -0.2) is 17.8 Å². The van der Waals surface area contributed by atoms with E-state index in [2.05, 4.69) is 12.2 Å². The molecule has 6 nitrogen and oxygen atoms in total. The van der Waals surface area contributed by atoms with Gasteiger partial charge in [-0.2, -0.15) is 0 Å². The van der Waals surface area contributed by atoms with Crippen LogP contribution in [0.25, 0.3) is 0 Å². The maximum atomic E-state index is 13.0. The second-order valence-electron chi connectivity index (χ2n) is 8.41. The van der Waals surface area contributed by atoms with Crippen molar-refractivity contribution in [2.24, 2.45) is 0 Å². The summed E-state index contributed by atoms with van der Waals surface area (Å²) in [7, 11) is 0. The molecule has 1 heterocycles. The SMILES string of the molecule is CCCCc1ccc(N2C(=O)C(Cl)=C(Nc3ccc(C(=O)Oc4ccc(Cl)c(C)c4)cc3)C2=O)cc1. The molecular formula is C28H24Cl2N2O4. The number of amides is 2. The van der Waals surface area contributed by atoms with Crippen molar-refractivity contribution in [3.63, 3.8) is 0 Å². The van der Waals surface area contributed by atoms with E-state index < -0.39 is 17.8 Å². The molecule has 8 heteroatoms. The third kappa shape index (κ3) is 5.45. The van der Waals surface area contributed by atoms with Crippen LogP contribution in [0, 0.1) is 6.92 Å². The van der Waals surface area contributed by atoms with E-state index in [1.54, 1.807) is 54.6 Å². The quantitative estimate of drug-likeness (QED) is 0.203. The normalized spacial score (nSPS) is 13.4. The molecule has 0 aliphatic carbocycles. The standard InChI is InChI=1S/C28H24Cl2N2O4/c1-3-4-5-18-6-12-21(13-7-18)32-26(33)24(30)25(27(32)34)31-20-10-8-19(9-11-20)28(35)36-22-14-15-23(29)17(2)16-22/h6-16,31H,3-5H2,1-2H3. The van der Waals surface area contributed by atoms with Crippen molar-refractivity contribution in [2.45, 2.75) is 33.1 Å². The Morgan fingerprint density at radius 3 is 2.28 bits per heavy atom. The Labute approximate surface area is 219 Å². The van der Waals surface area contributed by atoms with Crippen LogP contribution in [0.4, 0.5) is 11.4 Å². The number of imide groups is 1. The Kier molecular flexibility index (Phi) is 7.77. The first-order chi connectivity index (χ1) is 17.3. The second-order valence-corrected chi connectivity index (χ2v) is 9.19. The molecular weight excluding hydrogens is 499 g/mol. The minimum Gasteiger partial charge on any atom is -0.423 e. The number of carbonyl (C=O) groups excluding carboxylic acids is 3. The summed E-state index contributed by atoms with van der Waals surface area (Å²) in [6.07, 6.45) is 3.09. The number of hydrogen-bond acceptors (Lipinski definition) is 5. The average Bonchev–Trinajstić information content (AvgIpc) is 3.08. The van der Waals surface area contributed by atoms with Gasteiger partial charge in [-0.1, -0.05) is 48.7 Å². The predicted molar refractivity (Wildman–Crippen MR) is 142 cm³/mol. The van der Waals surface area contributed by atoms with Gasteiger partial charge in [-0.15, -0.1) is 0 Å². The Morgan fingerprint density at radius 1 is 0.944 bits per heavy atom. The molecule has 36 heavy (non-hydrogen) atoms. The van der Waals surface area contributed by atoms with Gasteiger partial charge in [0.05, 0.1) is 11.3 Å². The monoisotopic (exact) mass is 522 g/mol. The van der Waals surface area contributed by atoms with Crippen LogP contribution < -0.4 is 15.0 Å². The highest BCUT2D eigenvalue weighted by atomic mass is 35.5. The predicted octanol–water partition coefficient (Wildman–Crippen LogP) is 6.65. The van der Waals surface area contributed by atoms with E-state index in [0.29, 0.717) is 27.7 Å². The number of aryl methyl sites for hydroxylation is 2. The van der Waals surface area contributed by atoms with E-state index in [4.69, 9.17) is 27.9 Å². The highest BCUT2D eigenvalue weighted by Gasteiger charge is 2.38. The molecule has 1 aliphatic rings. The van der Waals surface area contributed by atoms with E-state index in [1.807, 2.05) is 19.1 Å². The molecule has 0 unspecified atom stereocenters. The van der Waals surface area contributed by atoms with Gasteiger partial charge in [0.15, 0.2) is 0 Å². The molecule has 3 aromatic rings. The van der Waals surface area contributed by atoms with Gasteiger partial charge in [-0.3, -0.25) is 9.59 Å². The molecule has 4 rings (SSSR count). The lowest BCUT2D eigenvalue weighted by atomic mass is 10.1. The molecule has 184 valence electrons. The lowest BCUT2D eigenvalue weighted by molar-refractivity contribution is -0.120. The van der Waals surface area contributed by atoms with E-state index >= 15 is 0 Å². The lowest BCUT2D eigenvalue weighted by Crippen LogP contribution is -2.32. The van der Waals surface area contributed by atoms with Crippen molar-refractivity contribution < 1.29 is 19.1 Å². The third-order valence-electron chi connectivity index (χ3n) is 5.77. The first-order valence-electron chi connectivity index (χ1n) is 11.5. The first kappa shape index (κ1) is 25.5. The number of benzene rings is 3. The van der Waals surface area contributed by atoms with Gasteiger partial charge in [0.2, 0.25) is 0 Å². The number of carbonyl (C=O) groups is 3. The highest BCUT2D eigenvalue weighted by Crippen LogP contribution is 2.30. The number of nitrogens with one attached hydrogen (secondary N) is 1. The average molecular weight is 523 g/mol. The van der Waals surface area contributed by atoms with Crippen LogP contribution in [-0.2, 0) is 16.0 Å². The van der Waals surface area contributed by atoms with Gasteiger partial charge in [-0.25, -0.2) is 9.69 Å². The number of esters is 1. The Balaban J connectivity index is 1.44. The van der Waals surface area contributed by atoms with E-state index in [9.17, 15) is 14.4 Å². The summed E-state index contributed by atoms with van der Waals surface area (Å²) in [6, 6.07) is 18.6. The summed E-state index contributed by atoms with van der Waals surface area (Å²) >= 11 is 12.2. The minimum absolute atomic E-state index is 0.0244. The Bertz CT molecular complexity index is 1350. The number of unbranched alkanes of at least 4 members (excludes halogenated alkanes) is 1. The molecule has 0 saturated heterocycles. The molecule has 0 aromatic heterocycles. The fourth-order valence-electron chi connectivity index (χ4n) is 3.72. The molecule has 1 aliphatic heterocycles. The highest BCUT2D eigenvalue weighted by molar-refractivity contribution is 6.53. The zero-order chi connectivity index (χ0) is 25.8. The Morgan fingerprint density at radius 2 is 1.64 bits per heavy atom. The molecule has 0 radical (unpaired) electrons. The van der Waals surface area contributed by atoms with Gasteiger partial charge in [0.1, 0.15) is 16.5 Å². The van der Waals surface area contributed by atoms with Gasteiger partial charge in [-0.05, 0) is 85.5 Å². The molecule has 2 amide bonds. The zero-order valence-electron chi connectivity index (χ0n) is 19.8. The van der Waals surface area contributed by atoms with Crippen molar-refractivity contribution in [1.29, 1.82) is 0 Å². The summed E-state index contributed by atoms with van der Waals surface area (Å²) in [5.74, 6) is -1.30. The van der Waals surface area contributed by atoms with Crippen LogP contribution >= 0.6 is 23.2 Å². The number of rotatable bonds is 8. The zero-order valence-corrected chi connectivity index (χ0v) is 21.3. The van der Waals surface area contributed by atoms with Gasteiger partial charge in [0.25, 0.3) is 11.8 Å². The van der Waals surface area contributed by atoms with Crippen LogP contribution in [0.5, 0.6) is 5.75 Å². The second kappa shape index (κ2) is 11.0. The summed E-state index contributed by atoms with van der Waals surface area (Å²) in [6.45, 7) is 3.94. The van der Waals surface area contributed by atoms with E-state index in [1.165, 1.54) is 0 Å². The summed E-state index contributed by atoms with van der Waals surface area (Å²) in [5.41, 5.74) is 3.16. The van der Waals surface area contributed by atoms with Gasteiger partial charge in [0, 0.05) is 10.7 Å². The van der Waals surface area contributed by atoms with Gasteiger partial charge < -0.3 is 10.1 Å². The summed E-state index contributed by atoms with van der Waals surface area (Å²) in [5, 5.41) is 3.29.